The molecular formula is C11H15ClN2OS. The number of hydrogen-bond donors (Lipinski definition) is 2. The summed E-state index contributed by atoms with van der Waals surface area (Å²) >= 11 is 10.8. The van der Waals surface area contributed by atoms with Gasteiger partial charge in [0.05, 0.1) is 17.8 Å². The predicted octanol–water partition coefficient (Wildman–Crippen LogP) is 2.83. The van der Waals surface area contributed by atoms with Crippen LogP contribution in [0.3, 0.4) is 0 Å². The first kappa shape index (κ1) is 13.1. The topological polar surface area (TPSA) is 47.3 Å². The van der Waals surface area contributed by atoms with Gasteiger partial charge < -0.3 is 15.8 Å². The molecule has 0 aliphatic heterocycles. The van der Waals surface area contributed by atoms with Crippen molar-refractivity contribution in [3.8, 4) is 5.75 Å². The van der Waals surface area contributed by atoms with Crippen molar-refractivity contribution in [3.05, 3.63) is 23.2 Å². The molecule has 1 aromatic rings. The fourth-order valence-corrected chi connectivity index (χ4v) is 1.83. The van der Waals surface area contributed by atoms with Crippen LogP contribution in [0.15, 0.2) is 18.2 Å². The van der Waals surface area contributed by atoms with Gasteiger partial charge in [-0.05, 0) is 25.1 Å². The van der Waals surface area contributed by atoms with E-state index in [0.29, 0.717) is 16.4 Å². The molecule has 0 saturated heterocycles. The maximum absolute atomic E-state index is 5.92. The van der Waals surface area contributed by atoms with E-state index in [1.807, 2.05) is 19.1 Å². The van der Waals surface area contributed by atoms with Gasteiger partial charge >= 0.3 is 0 Å². The van der Waals surface area contributed by atoms with Gasteiger partial charge in [0.25, 0.3) is 0 Å². The number of ether oxygens (including phenoxy) is 1. The van der Waals surface area contributed by atoms with E-state index in [-0.39, 0.29) is 6.04 Å². The van der Waals surface area contributed by atoms with Gasteiger partial charge in [-0.25, -0.2) is 0 Å². The van der Waals surface area contributed by atoms with Crippen molar-refractivity contribution in [1.82, 2.24) is 0 Å². The monoisotopic (exact) mass is 258 g/mol. The Morgan fingerprint density at radius 1 is 1.62 bits per heavy atom. The summed E-state index contributed by atoms with van der Waals surface area (Å²) < 4.78 is 5.22. The van der Waals surface area contributed by atoms with Crippen molar-refractivity contribution >= 4 is 34.5 Å². The van der Waals surface area contributed by atoms with Crippen LogP contribution in [0.1, 0.15) is 13.3 Å². The molecule has 88 valence electrons. The third-order valence-electron chi connectivity index (χ3n) is 2.07. The molecule has 1 unspecified atom stereocenters. The Balaban J connectivity index is 2.78. The van der Waals surface area contributed by atoms with Crippen LogP contribution >= 0.6 is 23.8 Å². The van der Waals surface area contributed by atoms with E-state index in [0.717, 1.165) is 11.4 Å². The first-order valence-corrected chi connectivity index (χ1v) is 5.70. The predicted molar refractivity (Wildman–Crippen MR) is 72.5 cm³/mol. The lowest BCUT2D eigenvalue weighted by molar-refractivity contribution is 0.416. The number of nitrogens with one attached hydrogen (secondary N) is 1. The zero-order chi connectivity index (χ0) is 12.1. The highest BCUT2D eigenvalue weighted by molar-refractivity contribution is 7.80. The van der Waals surface area contributed by atoms with Crippen molar-refractivity contribution in [2.45, 2.75) is 19.4 Å². The summed E-state index contributed by atoms with van der Waals surface area (Å²) in [5.41, 5.74) is 6.33. The van der Waals surface area contributed by atoms with Crippen LogP contribution in [0.5, 0.6) is 5.75 Å². The van der Waals surface area contributed by atoms with E-state index in [9.17, 15) is 0 Å². The minimum absolute atomic E-state index is 0.143. The molecule has 0 radical (unpaired) electrons. The van der Waals surface area contributed by atoms with Gasteiger partial charge in [0.1, 0.15) is 5.75 Å². The standard InChI is InChI=1S/C11H15ClN2OS/c1-7(5-11(13)16)14-9-6-8(12)3-4-10(9)15-2/h3-4,6-7,14H,5H2,1-2H3,(H2,13,16). The molecule has 0 saturated carbocycles. The molecule has 0 aliphatic carbocycles. The van der Waals surface area contributed by atoms with Gasteiger partial charge in [-0.1, -0.05) is 23.8 Å². The Kier molecular flexibility index (Phi) is 4.83. The number of anilines is 1. The third-order valence-corrected chi connectivity index (χ3v) is 2.47. The van der Waals surface area contributed by atoms with Gasteiger partial charge in [-0.3, -0.25) is 0 Å². The van der Waals surface area contributed by atoms with Gasteiger partial charge in [0.15, 0.2) is 0 Å². The number of benzene rings is 1. The first-order chi connectivity index (χ1) is 7.52. The Hall–Kier alpha value is -1.00. The van der Waals surface area contributed by atoms with Crippen molar-refractivity contribution in [2.24, 2.45) is 5.73 Å². The van der Waals surface area contributed by atoms with Crippen molar-refractivity contribution in [1.29, 1.82) is 0 Å². The molecule has 3 nitrogen and oxygen atoms in total. The lowest BCUT2D eigenvalue weighted by atomic mass is 10.2. The summed E-state index contributed by atoms with van der Waals surface area (Å²) in [4.78, 5) is 0.487. The molecule has 16 heavy (non-hydrogen) atoms. The van der Waals surface area contributed by atoms with Gasteiger partial charge in [0.2, 0.25) is 0 Å². The number of nitrogens with two attached hydrogens (primary N) is 1. The Labute approximate surface area is 106 Å². The lowest BCUT2D eigenvalue weighted by Crippen LogP contribution is -2.23. The van der Waals surface area contributed by atoms with Crippen molar-refractivity contribution < 1.29 is 4.74 Å². The maximum atomic E-state index is 5.92. The number of methoxy groups -OCH3 is 1. The van der Waals surface area contributed by atoms with Crippen LogP contribution in [-0.2, 0) is 0 Å². The van der Waals surface area contributed by atoms with Gasteiger partial charge in [0, 0.05) is 17.5 Å². The molecule has 0 spiro atoms. The minimum Gasteiger partial charge on any atom is -0.495 e. The number of rotatable bonds is 5. The fraction of sp³-hybridized carbons (Fsp3) is 0.364. The molecule has 0 amide bonds. The minimum atomic E-state index is 0.143. The largest absolute Gasteiger partial charge is 0.495 e. The SMILES string of the molecule is COc1ccc(Cl)cc1NC(C)CC(N)=S. The third kappa shape index (κ3) is 3.87. The van der Waals surface area contributed by atoms with Crippen molar-refractivity contribution in [3.63, 3.8) is 0 Å². The van der Waals surface area contributed by atoms with E-state index >= 15 is 0 Å². The Morgan fingerprint density at radius 3 is 2.88 bits per heavy atom. The second-order valence-electron chi connectivity index (χ2n) is 3.56. The van der Waals surface area contributed by atoms with Gasteiger partial charge in [-0.15, -0.1) is 0 Å². The second kappa shape index (κ2) is 5.92. The van der Waals surface area contributed by atoms with Crippen LogP contribution in [0.4, 0.5) is 5.69 Å². The summed E-state index contributed by atoms with van der Waals surface area (Å²) in [5.74, 6) is 0.749. The molecule has 0 bridgehead atoms. The number of thiocarbonyl (C=S) groups is 1. The summed E-state index contributed by atoms with van der Waals surface area (Å²) in [5, 5.41) is 3.91. The van der Waals surface area contributed by atoms with Crippen LogP contribution in [-0.4, -0.2) is 18.1 Å². The smallest absolute Gasteiger partial charge is 0.142 e. The van der Waals surface area contributed by atoms with Crippen LogP contribution < -0.4 is 15.8 Å². The van der Waals surface area contributed by atoms with Crippen LogP contribution in [0, 0.1) is 0 Å². The highest BCUT2D eigenvalue weighted by atomic mass is 35.5. The van der Waals surface area contributed by atoms with Crippen LogP contribution in [0.25, 0.3) is 0 Å². The Morgan fingerprint density at radius 2 is 2.31 bits per heavy atom. The molecule has 0 heterocycles. The summed E-state index contributed by atoms with van der Waals surface area (Å²) in [7, 11) is 1.62. The number of hydrogen-bond acceptors (Lipinski definition) is 3. The summed E-state index contributed by atoms with van der Waals surface area (Å²) in [6.45, 7) is 2.00. The summed E-state index contributed by atoms with van der Waals surface area (Å²) in [6.07, 6.45) is 0.630. The first-order valence-electron chi connectivity index (χ1n) is 4.91. The lowest BCUT2D eigenvalue weighted by Gasteiger charge is -2.17. The molecule has 1 atom stereocenters. The zero-order valence-electron chi connectivity index (χ0n) is 9.29. The van der Waals surface area contributed by atoms with E-state index in [1.165, 1.54) is 0 Å². The number of halogens is 1. The van der Waals surface area contributed by atoms with Crippen LogP contribution in [0.2, 0.25) is 5.02 Å². The molecule has 0 fully saturated rings. The molecule has 0 aliphatic rings. The van der Waals surface area contributed by atoms with Crippen molar-refractivity contribution in [2.75, 3.05) is 12.4 Å². The Bertz CT molecular complexity index is 384. The highest BCUT2D eigenvalue weighted by Crippen LogP contribution is 2.28. The van der Waals surface area contributed by atoms with Gasteiger partial charge in [-0.2, -0.15) is 0 Å². The quantitative estimate of drug-likeness (QED) is 0.798. The summed E-state index contributed by atoms with van der Waals surface area (Å²) in [6, 6.07) is 5.56. The van der Waals surface area contributed by atoms with E-state index < -0.39 is 0 Å². The molecule has 3 N–H and O–H groups in total. The molecule has 1 rings (SSSR count). The second-order valence-corrected chi connectivity index (χ2v) is 4.52. The van der Waals surface area contributed by atoms with E-state index in [4.69, 9.17) is 34.3 Å². The molecule has 1 aromatic carbocycles. The fourth-order valence-electron chi connectivity index (χ4n) is 1.41. The molecular weight excluding hydrogens is 244 g/mol. The zero-order valence-corrected chi connectivity index (χ0v) is 10.9. The normalized spacial score (nSPS) is 11.9. The average Bonchev–Trinajstić information content (AvgIpc) is 2.16. The highest BCUT2D eigenvalue weighted by Gasteiger charge is 2.08. The van der Waals surface area contributed by atoms with E-state index in [2.05, 4.69) is 5.32 Å². The average molecular weight is 259 g/mol. The van der Waals surface area contributed by atoms with E-state index in [1.54, 1.807) is 13.2 Å². The maximum Gasteiger partial charge on any atom is 0.142 e. The molecule has 5 heteroatoms. The molecule has 0 aromatic heterocycles.